The monoisotopic (exact) mass is 371 g/mol. The summed E-state index contributed by atoms with van der Waals surface area (Å²) in [5, 5.41) is 7.21. The number of nitrogens with zero attached hydrogens (tertiary/aromatic N) is 1. The molecule has 0 aliphatic carbocycles. The van der Waals surface area contributed by atoms with Gasteiger partial charge in [0.2, 0.25) is 0 Å². The Bertz CT molecular complexity index is 899. The van der Waals surface area contributed by atoms with Crippen molar-refractivity contribution in [3.63, 3.8) is 0 Å². The first kappa shape index (κ1) is 17.3. The van der Waals surface area contributed by atoms with Gasteiger partial charge in [0.25, 0.3) is 5.91 Å². The lowest BCUT2D eigenvalue weighted by Gasteiger charge is -2.10. The molecule has 1 amide bonds. The lowest BCUT2D eigenvalue weighted by molar-refractivity contribution is 0.0950. The molecule has 3 rings (SSSR count). The van der Waals surface area contributed by atoms with Gasteiger partial charge in [0.15, 0.2) is 0 Å². The highest BCUT2D eigenvalue weighted by Gasteiger charge is 2.09. The Kier molecular flexibility index (Phi) is 5.53. The zero-order valence-electron chi connectivity index (χ0n) is 13.2. The molecule has 0 aliphatic rings. The molecular weight excluding hydrogens is 357 g/mol. The van der Waals surface area contributed by atoms with Gasteiger partial charge in [-0.1, -0.05) is 53.5 Å². The maximum atomic E-state index is 12.4. The van der Waals surface area contributed by atoms with Crippen molar-refractivity contribution in [3.8, 4) is 0 Å². The molecule has 0 atom stereocenters. The molecule has 0 unspecified atom stereocenters. The van der Waals surface area contributed by atoms with Gasteiger partial charge >= 0.3 is 0 Å². The van der Waals surface area contributed by atoms with Crippen molar-refractivity contribution in [1.29, 1.82) is 0 Å². The second kappa shape index (κ2) is 8.01. The second-order valence-corrected chi connectivity index (χ2v) is 6.16. The van der Waals surface area contributed by atoms with Crippen LogP contribution in [0, 0.1) is 0 Å². The van der Waals surface area contributed by atoms with Gasteiger partial charge in [-0.15, -0.1) is 0 Å². The van der Waals surface area contributed by atoms with E-state index in [2.05, 4.69) is 15.6 Å². The Morgan fingerprint density at radius 2 is 1.68 bits per heavy atom. The van der Waals surface area contributed by atoms with Crippen LogP contribution in [0.4, 0.5) is 11.4 Å². The standard InChI is InChI=1S/C19H15Cl2N3O/c20-16-6-2-1-5-13(16)11-23-19(25)14-9-15(12-22-10-14)24-18-8-4-3-7-17(18)21/h1-10,12,24H,11H2,(H,23,25). The molecule has 0 fully saturated rings. The van der Waals surface area contributed by atoms with E-state index in [4.69, 9.17) is 23.2 Å². The average molecular weight is 372 g/mol. The number of anilines is 2. The largest absolute Gasteiger partial charge is 0.353 e. The summed E-state index contributed by atoms with van der Waals surface area (Å²) >= 11 is 12.2. The molecule has 0 aliphatic heterocycles. The molecule has 0 saturated heterocycles. The first-order chi connectivity index (χ1) is 12.1. The van der Waals surface area contributed by atoms with Gasteiger partial charge < -0.3 is 10.6 Å². The van der Waals surface area contributed by atoms with Crippen molar-refractivity contribution in [1.82, 2.24) is 10.3 Å². The van der Waals surface area contributed by atoms with Gasteiger partial charge in [0.1, 0.15) is 0 Å². The third kappa shape index (κ3) is 4.50. The molecule has 4 nitrogen and oxygen atoms in total. The fraction of sp³-hybridized carbons (Fsp3) is 0.0526. The van der Waals surface area contributed by atoms with Crippen LogP contribution in [0.1, 0.15) is 15.9 Å². The Balaban J connectivity index is 1.69. The fourth-order valence-corrected chi connectivity index (χ4v) is 2.66. The third-order valence-electron chi connectivity index (χ3n) is 3.55. The molecule has 2 N–H and O–H groups in total. The van der Waals surface area contributed by atoms with E-state index in [0.717, 1.165) is 11.3 Å². The number of pyridine rings is 1. The van der Waals surface area contributed by atoms with Crippen LogP contribution in [0.25, 0.3) is 0 Å². The number of para-hydroxylation sites is 1. The van der Waals surface area contributed by atoms with Crippen LogP contribution < -0.4 is 10.6 Å². The minimum atomic E-state index is -0.227. The number of amides is 1. The molecule has 1 heterocycles. The highest BCUT2D eigenvalue weighted by atomic mass is 35.5. The minimum Gasteiger partial charge on any atom is -0.353 e. The van der Waals surface area contributed by atoms with E-state index in [1.165, 1.54) is 6.20 Å². The quantitative estimate of drug-likeness (QED) is 0.658. The van der Waals surface area contributed by atoms with Gasteiger partial charge in [-0.3, -0.25) is 9.78 Å². The summed E-state index contributed by atoms with van der Waals surface area (Å²) in [7, 11) is 0. The van der Waals surface area contributed by atoms with Crippen LogP contribution in [0.2, 0.25) is 10.0 Å². The van der Waals surface area contributed by atoms with Gasteiger partial charge in [0.05, 0.1) is 28.2 Å². The van der Waals surface area contributed by atoms with Crippen LogP contribution in [0.15, 0.2) is 67.0 Å². The Labute approximate surface area is 155 Å². The van der Waals surface area contributed by atoms with Gasteiger partial charge in [-0.25, -0.2) is 0 Å². The number of hydrogen-bond acceptors (Lipinski definition) is 3. The third-order valence-corrected chi connectivity index (χ3v) is 4.25. The predicted molar refractivity (Wildman–Crippen MR) is 102 cm³/mol. The normalized spacial score (nSPS) is 10.3. The number of aromatic nitrogens is 1. The number of carbonyl (C=O) groups is 1. The smallest absolute Gasteiger partial charge is 0.253 e. The van der Waals surface area contributed by atoms with Gasteiger partial charge in [0, 0.05) is 17.8 Å². The van der Waals surface area contributed by atoms with E-state index in [1.807, 2.05) is 36.4 Å². The van der Waals surface area contributed by atoms with E-state index >= 15 is 0 Å². The van der Waals surface area contributed by atoms with E-state index in [1.54, 1.807) is 24.4 Å². The molecule has 0 saturated carbocycles. The Morgan fingerprint density at radius 3 is 2.44 bits per heavy atom. The fourth-order valence-electron chi connectivity index (χ4n) is 2.27. The number of nitrogens with one attached hydrogen (secondary N) is 2. The van der Waals surface area contributed by atoms with Crippen molar-refractivity contribution in [2.24, 2.45) is 0 Å². The molecule has 1 aromatic heterocycles. The molecule has 0 bridgehead atoms. The molecule has 0 spiro atoms. The van der Waals surface area contributed by atoms with E-state index in [-0.39, 0.29) is 5.91 Å². The predicted octanol–water partition coefficient (Wildman–Crippen LogP) is 5.06. The van der Waals surface area contributed by atoms with Crippen LogP contribution in [0.5, 0.6) is 0 Å². The average Bonchev–Trinajstić information content (AvgIpc) is 2.63. The summed E-state index contributed by atoms with van der Waals surface area (Å²) in [5.74, 6) is -0.227. The number of hydrogen-bond donors (Lipinski definition) is 2. The van der Waals surface area contributed by atoms with Crippen LogP contribution >= 0.6 is 23.2 Å². The van der Waals surface area contributed by atoms with E-state index in [9.17, 15) is 4.79 Å². The summed E-state index contributed by atoms with van der Waals surface area (Å²) in [5.41, 5.74) is 2.73. The molecular formula is C19H15Cl2N3O. The summed E-state index contributed by atoms with van der Waals surface area (Å²) in [6.45, 7) is 0.348. The van der Waals surface area contributed by atoms with Crippen molar-refractivity contribution in [2.75, 3.05) is 5.32 Å². The number of halogens is 2. The maximum Gasteiger partial charge on any atom is 0.253 e. The van der Waals surface area contributed by atoms with E-state index in [0.29, 0.717) is 27.8 Å². The molecule has 126 valence electrons. The Hall–Kier alpha value is -2.56. The molecule has 6 heteroatoms. The molecule has 0 radical (unpaired) electrons. The zero-order chi connectivity index (χ0) is 17.6. The molecule has 2 aromatic carbocycles. The lowest BCUT2D eigenvalue weighted by Crippen LogP contribution is -2.23. The van der Waals surface area contributed by atoms with Crippen LogP contribution in [-0.4, -0.2) is 10.9 Å². The van der Waals surface area contributed by atoms with Gasteiger partial charge in [-0.2, -0.15) is 0 Å². The van der Waals surface area contributed by atoms with Gasteiger partial charge in [-0.05, 0) is 29.8 Å². The summed E-state index contributed by atoms with van der Waals surface area (Å²) in [6.07, 6.45) is 3.15. The number of rotatable bonds is 5. The summed E-state index contributed by atoms with van der Waals surface area (Å²) < 4.78 is 0. The van der Waals surface area contributed by atoms with Crippen molar-refractivity contribution < 1.29 is 4.79 Å². The van der Waals surface area contributed by atoms with Crippen molar-refractivity contribution in [3.05, 3.63) is 88.2 Å². The molecule has 3 aromatic rings. The number of benzene rings is 2. The topological polar surface area (TPSA) is 54.0 Å². The highest BCUT2D eigenvalue weighted by Crippen LogP contribution is 2.24. The minimum absolute atomic E-state index is 0.227. The SMILES string of the molecule is O=C(NCc1ccccc1Cl)c1cncc(Nc2ccccc2Cl)c1. The molecule has 25 heavy (non-hydrogen) atoms. The first-order valence-corrected chi connectivity index (χ1v) is 8.37. The van der Waals surface area contributed by atoms with Crippen molar-refractivity contribution in [2.45, 2.75) is 6.54 Å². The van der Waals surface area contributed by atoms with Crippen LogP contribution in [0.3, 0.4) is 0 Å². The zero-order valence-corrected chi connectivity index (χ0v) is 14.7. The lowest BCUT2D eigenvalue weighted by atomic mass is 10.2. The summed E-state index contributed by atoms with van der Waals surface area (Å²) in [6, 6.07) is 16.5. The first-order valence-electron chi connectivity index (χ1n) is 7.61. The maximum absolute atomic E-state index is 12.4. The van der Waals surface area contributed by atoms with Crippen molar-refractivity contribution >= 4 is 40.5 Å². The van der Waals surface area contributed by atoms with Crippen LogP contribution in [-0.2, 0) is 6.54 Å². The highest BCUT2D eigenvalue weighted by molar-refractivity contribution is 6.33. The summed E-state index contributed by atoms with van der Waals surface area (Å²) in [4.78, 5) is 16.5. The second-order valence-electron chi connectivity index (χ2n) is 5.34. The van der Waals surface area contributed by atoms with E-state index < -0.39 is 0 Å². The number of carbonyl (C=O) groups excluding carboxylic acids is 1. The Morgan fingerprint density at radius 1 is 0.960 bits per heavy atom.